The summed E-state index contributed by atoms with van der Waals surface area (Å²) in [4.78, 5) is 11.2. The third kappa shape index (κ3) is 3.27. The number of sulfonamides is 1. The molecular weight excluding hydrogens is 310 g/mol. The van der Waals surface area contributed by atoms with E-state index in [0.29, 0.717) is 4.47 Å². The largest absolute Gasteiger partial charge is 0.468 e. The summed E-state index contributed by atoms with van der Waals surface area (Å²) in [6.07, 6.45) is 0. The quantitative estimate of drug-likeness (QED) is 0.783. The van der Waals surface area contributed by atoms with Crippen LogP contribution in [0.5, 0.6) is 0 Å². The lowest BCUT2D eigenvalue weighted by molar-refractivity contribution is -0.140. The number of rotatable bonds is 4. The molecule has 0 aromatic heterocycles. The third-order valence-electron chi connectivity index (χ3n) is 2.10. The Morgan fingerprint density at radius 3 is 2.53 bits per heavy atom. The van der Waals surface area contributed by atoms with E-state index in [1.807, 2.05) is 0 Å². The number of hydrogen-bond donors (Lipinski definition) is 0. The van der Waals surface area contributed by atoms with Crippen molar-refractivity contribution in [1.29, 1.82) is 0 Å². The minimum atomic E-state index is -3.69. The van der Waals surface area contributed by atoms with E-state index in [9.17, 15) is 13.2 Å². The normalized spacial score (nSPS) is 11.5. The molecule has 0 saturated heterocycles. The van der Waals surface area contributed by atoms with Crippen LogP contribution in [-0.2, 0) is 19.6 Å². The van der Waals surface area contributed by atoms with Crippen LogP contribution < -0.4 is 0 Å². The van der Waals surface area contributed by atoms with E-state index >= 15 is 0 Å². The number of hydrogen-bond acceptors (Lipinski definition) is 4. The molecule has 0 aliphatic heterocycles. The Morgan fingerprint density at radius 1 is 1.41 bits per heavy atom. The Hall–Kier alpha value is -0.920. The van der Waals surface area contributed by atoms with Gasteiger partial charge < -0.3 is 4.74 Å². The number of nitrogens with zero attached hydrogens (tertiary/aromatic N) is 1. The summed E-state index contributed by atoms with van der Waals surface area (Å²) < 4.78 is 30.0. The Labute approximate surface area is 109 Å². The van der Waals surface area contributed by atoms with Crippen LogP contribution in [0, 0.1) is 0 Å². The van der Waals surface area contributed by atoms with Gasteiger partial charge in [-0.2, -0.15) is 4.31 Å². The zero-order chi connectivity index (χ0) is 13.1. The summed E-state index contributed by atoms with van der Waals surface area (Å²) in [6.45, 7) is -0.319. The van der Waals surface area contributed by atoms with Gasteiger partial charge in [0, 0.05) is 11.5 Å². The molecule has 0 amide bonds. The van der Waals surface area contributed by atoms with Crippen molar-refractivity contribution in [3.8, 4) is 0 Å². The van der Waals surface area contributed by atoms with Crippen molar-refractivity contribution in [1.82, 2.24) is 4.31 Å². The number of likely N-dealkylation sites (N-methyl/N-ethyl adjacent to an activating group) is 1. The third-order valence-corrected chi connectivity index (χ3v) is 4.92. The molecule has 0 saturated carbocycles. The summed E-state index contributed by atoms with van der Waals surface area (Å²) in [5.41, 5.74) is 0. The van der Waals surface area contributed by atoms with Crippen molar-refractivity contribution >= 4 is 31.9 Å². The highest BCUT2D eigenvalue weighted by Crippen LogP contribution is 2.23. The van der Waals surface area contributed by atoms with Crippen LogP contribution in [0.25, 0.3) is 0 Å². The first-order chi connectivity index (χ1) is 7.89. The van der Waals surface area contributed by atoms with Crippen molar-refractivity contribution in [2.24, 2.45) is 0 Å². The average molecular weight is 322 g/mol. The molecule has 94 valence electrons. The van der Waals surface area contributed by atoms with E-state index < -0.39 is 16.0 Å². The Morgan fingerprint density at radius 2 is 2.00 bits per heavy atom. The van der Waals surface area contributed by atoms with Gasteiger partial charge in [0.1, 0.15) is 6.54 Å². The molecule has 0 fully saturated rings. The van der Waals surface area contributed by atoms with Crippen LogP contribution >= 0.6 is 15.9 Å². The molecule has 1 aromatic carbocycles. The number of carbonyl (C=O) groups excluding carboxylic acids is 1. The number of ether oxygens (including phenoxy) is 1. The topological polar surface area (TPSA) is 63.7 Å². The lowest BCUT2D eigenvalue weighted by Gasteiger charge is -2.16. The van der Waals surface area contributed by atoms with Gasteiger partial charge in [-0.15, -0.1) is 0 Å². The Balaban J connectivity index is 3.04. The SMILES string of the molecule is COC(=O)CN(C)S(=O)(=O)c1ccccc1Br. The maximum Gasteiger partial charge on any atom is 0.321 e. The highest BCUT2D eigenvalue weighted by atomic mass is 79.9. The molecule has 0 aliphatic carbocycles. The molecule has 0 unspecified atom stereocenters. The Kier molecular flexibility index (Phi) is 4.67. The van der Waals surface area contributed by atoms with E-state index in [1.54, 1.807) is 18.2 Å². The van der Waals surface area contributed by atoms with Gasteiger partial charge in [-0.3, -0.25) is 4.79 Å². The number of benzene rings is 1. The number of carbonyl (C=O) groups is 1. The molecule has 0 atom stereocenters. The molecule has 1 aromatic rings. The lowest BCUT2D eigenvalue weighted by atomic mass is 10.4. The summed E-state index contributed by atoms with van der Waals surface area (Å²) in [7, 11) is -1.15. The van der Waals surface area contributed by atoms with E-state index in [2.05, 4.69) is 20.7 Å². The van der Waals surface area contributed by atoms with Crippen molar-refractivity contribution in [3.63, 3.8) is 0 Å². The highest BCUT2D eigenvalue weighted by molar-refractivity contribution is 9.10. The second kappa shape index (κ2) is 5.61. The van der Waals surface area contributed by atoms with Crippen LogP contribution in [0.2, 0.25) is 0 Å². The Bertz CT molecular complexity index is 515. The fraction of sp³-hybridized carbons (Fsp3) is 0.300. The van der Waals surface area contributed by atoms with Gasteiger partial charge >= 0.3 is 5.97 Å². The van der Waals surface area contributed by atoms with E-state index in [4.69, 9.17) is 0 Å². The number of halogens is 1. The molecule has 17 heavy (non-hydrogen) atoms. The summed E-state index contributed by atoms with van der Waals surface area (Å²) >= 11 is 3.16. The summed E-state index contributed by atoms with van der Waals surface area (Å²) in [6, 6.07) is 6.42. The van der Waals surface area contributed by atoms with Crippen molar-refractivity contribution in [2.75, 3.05) is 20.7 Å². The van der Waals surface area contributed by atoms with Gasteiger partial charge in [0.25, 0.3) is 0 Å². The molecular formula is C10H12BrNO4S. The standard InChI is InChI=1S/C10H12BrNO4S/c1-12(7-10(13)16-2)17(14,15)9-6-4-3-5-8(9)11/h3-6H,7H2,1-2H3. The van der Waals surface area contributed by atoms with E-state index in [-0.39, 0.29) is 11.4 Å². The van der Waals surface area contributed by atoms with Gasteiger partial charge in [-0.05, 0) is 28.1 Å². The van der Waals surface area contributed by atoms with Gasteiger partial charge in [0.15, 0.2) is 0 Å². The van der Waals surface area contributed by atoms with Crippen molar-refractivity contribution < 1.29 is 17.9 Å². The fourth-order valence-electron chi connectivity index (χ4n) is 1.15. The lowest BCUT2D eigenvalue weighted by Crippen LogP contribution is -2.32. The first-order valence-corrected chi connectivity index (χ1v) is 6.90. The second-order valence-corrected chi connectivity index (χ2v) is 6.14. The zero-order valence-electron chi connectivity index (χ0n) is 9.38. The minimum absolute atomic E-state index is 0.117. The fourth-order valence-corrected chi connectivity index (χ4v) is 3.23. The first-order valence-electron chi connectivity index (χ1n) is 4.67. The first kappa shape index (κ1) is 14.1. The summed E-state index contributed by atoms with van der Waals surface area (Å²) in [5, 5.41) is 0. The van der Waals surface area contributed by atoms with E-state index in [0.717, 1.165) is 4.31 Å². The molecule has 0 bridgehead atoms. The van der Waals surface area contributed by atoms with Crippen molar-refractivity contribution in [3.05, 3.63) is 28.7 Å². The molecule has 0 heterocycles. The molecule has 1 rings (SSSR count). The zero-order valence-corrected chi connectivity index (χ0v) is 11.8. The van der Waals surface area contributed by atoms with Crippen LogP contribution in [0.1, 0.15) is 0 Å². The van der Waals surface area contributed by atoms with Gasteiger partial charge in [-0.1, -0.05) is 12.1 Å². The van der Waals surface area contributed by atoms with Crippen molar-refractivity contribution in [2.45, 2.75) is 4.90 Å². The highest BCUT2D eigenvalue weighted by Gasteiger charge is 2.24. The minimum Gasteiger partial charge on any atom is -0.468 e. The number of esters is 1. The van der Waals surface area contributed by atoms with Gasteiger partial charge in [0.05, 0.1) is 12.0 Å². The second-order valence-electron chi connectivity index (χ2n) is 3.27. The molecule has 0 radical (unpaired) electrons. The molecule has 7 heteroatoms. The molecule has 0 aliphatic rings. The average Bonchev–Trinajstić information content (AvgIpc) is 2.29. The van der Waals surface area contributed by atoms with E-state index in [1.165, 1.54) is 20.2 Å². The molecule has 0 spiro atoms. The van der Waals surface area contributed by atoms with Crippen LogP contribution in [0.4, 0.5) is 0 Å². The number of methoxy groups -OCH3 is 1. The van der Waals surface area contributed by atoms with Crippen LogP contribution in [-0.4, -0.2) is 39.4 Å². The maximum atomic E-state index is 12.1. The molecule has 0 N–H and O–H groups in total. The predicted molar refractivity (Wildman–Crippen MR) is 66.0 cm³/mol. The molecule has 5 nitrogen and oxygen atoms in total. The predicted octanol–water partition coefficient (Wildman–Crippen LogP) is 1.24. The smallest absolute Gasteiger partial charge is 0.321 e. The van der Waals surface area contributed by atoms with Gasteiger partial charge in [0.2, 0.25) is 10.0 Å². The maximum absolute atomic E-state index is 12.1. The van der Waals surface area contributed by atoms with Crippen LogP contribution in [0.3, 0.4) is 0 Å². The van der Waals surface area contributed by atoms with Crippen LogP contribution in [0.15, 0.2) is 33.6 Å². The monoisotopic (exact) mass is 321 g/mol. The summed E-state index contributed by atoms with van der Waals surface area (Å²) in [5.74, 6) is -0.608. The van der Waals surface area contributed by atoms with Gasteiger partial charge in [-0.25, -0.2) is 8.42 Å².